The van der Waals surface area contributed by atoms with Crippen LogP contribution < -0.4 is 10.2 Å². The van der Waals surface area contributed by atoms with Gasteiger partial charge in [0.05, 0.1) is 19.1 Å². The van der Waals surface area contributed by atoms with Gasteiger partial charge in [0.1, 0.15) is 5.82 Å². The monoisotopic (exact) mass is 565 g/mol. The normalized spacial score (nSPS) is 21.4. The molecule has 1 N–H and O–H groups in total. The number of carbonyl (C=O) groups excluding carboxylic acids is 1. The van der Waals surface area contributed by atoms with E-state index in [1.54, 1.807) is 12.1 Å². The van der Waals surface area contributed by atoms with E-state index in [4.69, 9.17) is 4.74 Å². The predicted molar refractivity (Wildman–Crippen MR) is 156 cm³/mol. The molecule has 3 atom stereocenters. The molecule has 218 valence electrons. The summed E-state index contributed by atoms with van der Waals surface area (Å²) in [7, 11) is 1.40. The van der Waals surface area contributed by atoms with E-state index in [0.717, 1.165) is 67.0 Å². The Hall–Kier alpha value is -3.55. The number of anilines is 2. The maximum atomic E-state index is 13.0. The van der Waals surface area contributed by atoms with E-state index in [2.05, 4.69) is 21.3 Å². The van der Waals surface area contributed by atoms with E-state index in [9.17, 15) is 18.0 Å². The second kappa shape index (κ2) is 13.0. The van der Waals surface area contributed by atoms with Crippen LogP contribution in [0.25, 0.3) is 11.1 Å². The lowest BCUT2D eigenvalue weighted by atomic mass is 9.77. The van der Waals surface area contributed by atoms with Gasteiger partial charge in [-0.15, -0.1) is 0 Å². The van der Waals surface area contributed by atoms with Gasteiger partial charge in [-0.05, 0) is 97.0 Å². The van der Waals surface area contributed by atoms with Gasteiger partial charge in [0.2, 0.25) is 0 Å². The Morgan fingerprint density at radius 1 is 1.00 bits per heavy atom. The Bertz CT molecular complexity index is 1310. The van der Waals surface area contributed by atoms with Crippen LogP contribution in [0.15, 0.2) is 66.9 Å². The highest BCUT2D eigenvalue weighted by atomic mass is 19.4. The third-order valence-electron chi connectivity index (χ3n) is 8.55. The van der Waals surface area contributed by atoms with Crippen LogP contribution in [-0.4, -0.2) is 37.2 Å². The molecular weight excluding hydrogens is 527 g/mol. The van der Waals surface area contributed by atoms with Crippen LogP contribution in [0.4, 0.5) is 24.7 Å². The number of alkyl halides is 3. The minimum absolute atomic E-state index is 0.238. The number of benzene rings is 2. The lowest BCUT2D eigenvalue weighted by Crippen LogP contribution is -2.39. The van der Waals surface area contributed by atoms with E-state index in [1.807, 2.05) is 36.5 Å². The smallest absolute Gasteiger partial charge is 0.416 e. The summed E-state index contributed by atoms with van der Waals surface area (Å²) in [6.07, 6.45) is 5.73. The fraction of sp³-hybridized carbons (Fsp3) is 0.455. The van der Waals surface area contributed by atoms with Crippen molar-refractivity contribution in [2.75, 3.05) is 30.4 Å². The van der Waals surface area contributed by atoms with E-state index < -0.39 is 11.7 Å². The molecule has 2 heterocycles. The van der Waals surface area contributed by atoms with E-state index in [-0.39, 0.29) is 12.4 Å². The molecule has 2 fully saturated rings. The average Bonchev–Trinajstić information content (AvgIpc) is 2.98. The van der Waals surface area contributed by atoms with Crippen molar-refractivity contribution >= 4 is 17.5 Å². The number of hydrogen-bond donors (Lipinski definition) is 1. The van der Waals surface area contributed by atoms with Crippen molar-refractivity contribution in [2.45, 2.75) is 63.6 Å². The van der Waals surface area contributed by atoms with Crippen LogP contribution in [0.3, 0.4) is 0 Å². The third-order valence-corrected chi connectivity index (χ3v) is 8.55. The van der Waals surface area contributed by atoms with Crippen molar-refractivity contribution in [3.05, 3.63) is 78.0 Å². The van der Waals surface area contributed by atoms with Crippen LogP contribution in [0, 0.1) is 11.8 Å². The zero-order valence-electron chi connectivity index (χ0n) is 23.5. The van der Waals surface area contributed by atoms with E-state index in [1.165, 1.54) is 38.5 Å². The number of halogens is 3. The van der Waals surface area contributed by atoms with Gasteiger partial charge in [0, 0.05) is 31.0 Å². The van der Waals surface area contributed by atoms with Gasteiger partial charge < -0.3 is 15.0 Å². The molecule has 1 aromatic heterocycles. The summed E-state index contributed by atoms with van der Waals surface area (Å²) in [5.41, 5.74) is 3.25. The first-order chi connectivity index (χ1) is 19.8. The zero-order chi connectivity index (χ0) is 28.8. The number of carbonyl (C=O) groups is 1. The highest BCUT2D eigenvalue weighted by Gasteiger charge is 2.32. The molecule has 0 bridgehead atoms. The lowest BCUT2D eigenvalue weighted by Gasteiger charge is -2.39. The van der Waals surface area contributed by atoms with Gasteiger partial charge in [-0.3, -0.25) is 4.79 Å². The largest absolute Gasteiger partial charge is 0.469 e. The quantitative estimate of drug-likeness (QED) is 0.283. The minimum Gasteiger partial charge on any atom is -0.469 e. The topological polar surface area (TPSA) is 54.5 Å². The molecule has 0 spiro atoms. The highest BCUT2D eigenvalue weighted by molar-refractivity contribution is 5.74. The molecule has 0 amide bonds. The Labute approximate surface area is 240 Å². The van der Waals surface area contributed by atoms with Crippen LogP contribution in [0.2, 0.25) is 0 Å². The molecule has 2 aliphatic rings. The molecule has 0 unspecified atom stereocenters. The summed E-state index contributed by atoms with van der Waals surface area (Å²) in [6.45, 7) is 1.76. The summed E-state index contributed by atoms with van der Waals surface area (Å²) in [4.78, 5) is 18.6. The second-order valence-electron chi connectivity index (χ2n) is 11.4. The number of rotatable bonds is 8. The summed E-state index contributed by atoms with van der Waals surface area (Å²) < 4.78 is 43.9. The van der Waals surface area contributed by atoms with Gasteiger partial charge in [-0.2, -0.15) is 13.2 Å². The number of aromatic nitrogens is 1. The molecule has 0 radical (unpaired) electrons. The van der Waals surface area contributed by atoms with Crippen molar-refractivity contribution in [1.29, 1.82) is 0 Å². The Balaban J connectivity index is 1.23. The summed E-state index contributed by atoms with van der Waals surface area (Å²) in [6, 6.07) is 17.9. The first-order valence-electron chi connectivity index (χ1n) is 14.6. The number of nitrogens with one attached hydrogen (secondary N) is 1. The third kappa shape index (κ3) is 7.60. The number of nitrogens with zero attached hydrogens (tertiary/aromatic N) is 2. The van der Waals surface area contributed by atoms with Crippen molar-refractivity contribution in [3.63, 3.8) is 0 Å². The first kappa shape index (κ1) is 29.0. The number of ether oxygens (including phenoxy) is 1. The van der Waals surface area contributed by atoms with Crippen molar-refractivity contribution in [1.82, 2.24) is 4.98 Å². The van der Waals surface area contributed by atoms with E-state index in [0.29, 0.717) is 17.9 Å². The van der Waals surface area contributed by atoms with Gasteiger partial charge in [0.15, 0.2) is 0 Å². The fourth-order valence-corrected chi connectivity index (χ4v) is 6.44. The Kier molecular flexibility index (Phi) is 9.15. The maximum Gasteiger partial charge on any atom is 0.416 e. The fourth-order valence-electron chi connectivity index (χ4n) is 6.44. The molecule has 1 aliphatic carbocycles. The SMILES string of the molecule is COC(=O)Cc1cccc(-c2ccnc(N[C@@H]3CCCC[C@H]3C[C@H]3CCCN(c4ccc(C(F)(F)F)cc4)C3)c2)c1. The van der Waals surface area contributed by atoms with Gasteiger partial charge in [0.25, 0.3) is 0 Å². The highest BCUT2D eigenvalue weighted by Crippen LogP contribution is 2.36. The Morgan fingerprint density at radius 3 is 2.56 bits per heavy atom. The molecule has 5 nitrogen and oxygen atoms in total. The molecule has 1 saturated carbocycles. The Morgan fingerprint density at radius 2 is 1.78 bits per heavy atom. The second-order valence-corrected chi connectivity index (χ2v) is 11.4. The molecule has 1 saturated heterocycles. The molecule has 1 aliphatic heterocycles. The molecule has 41 heavy (non-hydrogen) atoms. The van der Waals surface area contributed by atoms with Crippen LogP contribution in [-0.2, 0) is 22.1 Å². The van der Waals surface area contributed by atoms with Gasteiger partial charge in [-0.25, -0.2) is 4.98 Å². The minimum atomic E-state index is -4.31. The van der Waals surface area contributed by atoms with Gasteiger partial charge >= 0.3 is 12.1 Å². The van der Waals surface area contributed by atoms with Gasteiger partial charge in [-0.1, -0.05) is 37.1 Å². The lowest BCUT2D eigenvalue weighted by molar-refractivity contribution is -0.140. The molecule has 8 heteroatoms. The number of esters is 1. The standard InChI is InChI=1S/C33H38F3N3O2/c1-41-32(40)20-23-6-4-9-25(18-23)26-15-16-37-31(21-26)38-30-10-3-2-8-27(30)19-24-7-5-17-39(22-24)29-13-11-28(12-14-29)33(34,35)36/h4,6,9,11-16,18,21,24,27,30H,2-3,5,7-8,10,17,19-20,22H2,1H3,(H,37,38)/t24-,27+,30-/m1/s1. The van der Waals surface area contributed by atoms with Crippen LogP contribution >= 0.6 is 0 Å². The summed E-state index contributed by atoms with van der Waals surface area (Å²) >= 11 is 0. The molecular formula is C33H38F3N3O2. The number of pyridine rings is 1. The van der Waals surface area contributed by atoms with Crippen LogP contribution in [0.1, 0.15) is 56.1 Å². The number of hydrogen-bond acceptors (Lipinski definition) is 5. The average molecular weight is 566 g/mol. The predicted octanol–water partition coefficient (Wildman–Crippen LogP) is 7.76. The van der Waals surface area contributed by atoms with Crippen molar-refractivity contribution in [3.8, 4) is 11.1 Å². The van der Waals surface area contributed by atoms with Crippen molar-refractivity contribution < 1.29 is 22.7 Å². The molecule has 5 rings (SSSR count). The van der Waals surface area contributed by atoms with Crippen molar-refractivity contribution in [2.24, 2.45) is 11.8 Å². The molecule has 2 aromatic carbocycles. The summed E-state index contributed by atoms with van der Waals surface area (Å²) in [5.74, 6) is 1.63. The zero-order valence-corrected chi connectivity index (χ0v) is 23.5. The maximum absolute atomic E-state index is 13.0. The first-order valence-corrected chi connectivity index (χ1v) is 14.6. The number of piperidine rings is 1. The number of methoxy groups -OCH3 is 1. The van der Waals surface area contributed by atoms with Crippen LogP contribution in [0.5, 0.6) is 0 Å². The molecule has 3 aromatic rings. The van der Waals surface area contributed by atoms with E-state index >= 15 is 0 Å². The summed E-state index contributed by atoms with van der Waals surface area (Å²) in [5, 5.41) is 3.74.